The lowest BCUT2D eigenvalue weighted by atomic mass is 9.65. The number of aliphatic hydroxyl groups is 1. The first-order valence-corrected chi connectivity index (χ1v) is 28.3. The van der Waals surface area contributed by atoms with Gasteiger partial charge in [0.15, 0.2) is 11.5 Å². The molecule has 14 heteroatoms. The molecule has 374 valence electrons. The monoisotopic (exact) mass is 998 g/mol. The second-order valence-electron chi connectivity index (χ2n) is 20.9. The number of carbonyl (C=O) groups excluding carboxylic acids is 1. The Labute approximate surface area is 425 Å². The van der Waals surface area contributed by atoms with E-state index in [2.05, 4.69) is 59.7 Å². The summed E-state index contributed by atoms with van der Waals surface area (Å²) in [7, 11) is 5.42. The highest BCUT2D eigenvalue weighted by Gasteiger charge is 2.52. The van der Waals surface area contributed by atoms with E-state index in [0.717, 1.165) is 112 Å². The number of rotatable bonds is 9. The van der Waals surface area contributed by atoms with Crippen molar-refractivity contribution in [1.29, 1.82) is 0 Å². The molecule has 4 aromatic rings. The normalized spacial score (nSPS) is 26.7. The smallest absolute Gasteiger partial charge is 0.302 e. The highest BCUT2D eigenvalue weighted by molar-refractivity contribution is 8.76. The fraction of sp³-hybridized carbons (Fsp3) is 0.509. The molecular weight excluding hydrogens is 933 g/mol. The number of ether oxygens (including phenoxy) is 4. The maximum atomic E-state index is 12.9. The first kappa shape index (κ1) is 48.2. The third-order valence-corrected chi connectivity index (χ3v) is 19.0. The number of pyridine rings is 1. The van der Waals surface area contributed by atoms with Crippen molar-refractivity contribution in [3.8, 4) is 51.7 Å². The van der Waals surface area contributed by atoms with Crippen molar-refractivity contribution >= 4 is 39.5 Å². The molecule has 7 N–H and O–H groups in total. The van der Waals surface area contributed by atoms with Gasteiger partial charge in [-0.1, -0.05) is 65.1 Å². The molecule has 3 fully saturated rings. The summed E-state index contributed by atoms with van der Waals surface area (Å²) in [6, 6.07) is 10.3. The Bertz CT molecular complexity index is 2840. The van der Waals surface area contributed by atoms with Crippen molar-refractivity contribution in [2.45, 2.75) is 133 Å². The number of nitrogens with zero attached hydrogens (tertiary/aromatic N) is 1. The number of aliphatic hydroxyl groups excluding tert-OH is 1. The summed E-state index contributed by atoms with van der Waals surface area (Å²) in [5, 5.41) is 41.4. The van der Waals surface area contributed by atoms with Gasteiger partial charge in [-0.3, -0.25) is 4.79 Å². The van der Waals surface area contributed by atoms with Gasteiger partial charge >= 0.3 is 5.97 Å². The van der Waals surface area contributed by atoms with E-state index in [0.29, 0.717) is 65.7 Å². The molecule has 12 nitrogen and oxygen atoms in total. The van der Waals surface area contributed by atoms with Crippen LogP contribution in [0.3, 0.4) is 0 Å². The van der Waals surface area contributed by atoms with Gasteiger partial charge in [0.25, 0.3) is 0 Å². The van der Waals surface area contributed by atoms with Crippen LogP contribution in [0.25, 0.3) is 17.2 Å². The maximum absolute atomic E-state index is 12.9. The van der Waals surface area contributed by atoms with E-state index in [-0.39, 0.29) is 67.1 Å². The number of methoxy groups -OCH3 is 1. The number of aromatic nitrogens is 1. The third kappa shape index (κ3) is 9.02. The molecule has 7 aliphatic rings. The number of phenolic OH excluding ortho intramolecular Hbond substituents is 2. The maximum Gasteiger partial charge on any atom is 0.302 e. The zero-order valence-electron chi connectivity index (χ0n) is 41.0. The van der Waals surface area contributed by atoms with Gasteiger partial charge in [0.1, 0.15) is 47.6 Å². The molecule has 4 aliphatic heterocycles. The van der Waals surface area contributed by atoms with Crippen molar-refractivity contribution in [3.05, 3.63) is 92.2 Å². The number of carbonyl (C=O) groups is 1. The fourth-order valence-corrected chi connectivity index (χ4v) is 15.9. The topological polar surface area (TPSA) is 178 Å². The fourth-order valence-electron chi connectivity index (χ4n) is 13.2. The Balaban J connectivity index is 1.17. The number of anilines is 1. The number of fused-ring (bicyclic) bond motifs is 12. The molecule has 3 aliphatic carbocycles. The van der Waals surface area contributed by atoms with Crippen LogP contribution < -0.4 is 30.6 Å². The number of nitrogens with one attached hydrogen (secondary N) is 2. The minimum atomic E-state index is -0.698. The highest BCUT2D eigenvalue weighted by Crippen LogP contribution is 2.63. The van der Waals surface area contributed by atoms with Crippen LogP contribution >= 0.6 is 21.6 Å². The molecule has 3 aromatic carbocycles. The van der Waals surface area contributed by atoms with Crippen LogP contribution in [0.5, 0.6) is 28.7 Å². The molecule has 1 aromatic heterocycles. The van der Waals surface area contributed by atoms with E-state index in [1.54, 1.807) is 13.2 Å². The van der Waals surface area contributed by atoms with E-state index in [9.17, 15) is 20.1 Å². The molecule has 8 atom stereocenters. The van der Waals surface area contributed by atoms with E-state index < -0.39 is 12.0 Å². The first-order chi connectivity index (χ1) is 34.6. The minimum Gasteiger partial charge on any atom is -0.508 e. The number of nitrogen functional groups attached to an aromatic ring is 1. The third-order valence-electron chi connectivity index (χ3n) is 16.5. The Morgan fingerprint density at radius 1 is 1.08 bits per heavy atom. The Morgan fingerprint density at radius 3 is 2.79 bits per heavy atom. The van der Waals surface area contributed by atoms with Crippen LogP contribution in [-0.2, 0) is 47.2 Å². The summed E-state index contributed by atoms with van der Waals surface area (Å²) in [6.07, 6.45) is 13.8. The first-order valence-electron chi connectivity index (χ1n) is 25.8. The van der Waals surface area contributed by atoms with Crippen LogP contribution in [0.15, 0.2) is 36.4 Å². The van der Waals surface area contributed by atoms with Crippen molar-refractivity contribution in [2.24, 2.45) is 11.8 Å². The second-order valence-corrected chi connectivity index (χ2v) is 23.5. The number of phenols is 2. The predicted octanol–water partition coefficient (Wildman–Crippen LogP) is 9.00. The molecule has 8 unspecified atom stereocenters. The van der Waals surface area contributed by atoms with E-state index >= 15 is 0 Å². The zero-order chi connectivity index (χ0) is 49.0. The number of benzene rings is 3. The molecule has 1 saturated heterocycles. The number of hydrogen-bond donors (Lipinski definition) is 6. The number of aryl methyl sites for hydroxylation is 1. The van der Waals surface area contributed by atoms with Crippen molar-refractivity contribution in [1.82, 2.24) is 15.6 Å². The SMILES string of the molecule is CCc1cc2c(nc1N)C#CCc1c(CNCCCO)c(O)c3c(c1C1Oc4c(ccc5c4C4(CCC(C2)C4)Cc2cc(O)cc(OC)c2-5)C1COC(C)=O)C=CC1NC2CCCC(CSSCC1O3)C2. The van der Waals surface area contributed by atoms with Gasteiger partial charge in [-0.05, 0) is 128 Å². The Kier molecular flexibility index (Phi) is 13.7. The number of hydrogen-bond acceptors (Lipinski definition) is 14. The van der Waals surface area contributed by atoms with Gasteiger partial charge in [-0.25, -0.2) is 4.98 Å². The Morgan fingerprint density at radius 2 is 1.96 bits per heavy atom. The average molecular weight is 999 g/mol. The lowest BCUT2D eigenvalue weighted by molar-refractivity contribution is -0.141. The second kappa shape index (κ2) is 20.1. The summed E-state index contributed by atoms with van der Waals surface area (Å²) >= 11 is 0. The van der Waals surface area contributed by atoms with Gasteiger partial charge in [-0.2, -0.15) is 0 Å². The zero-order valence-corrected chi connectivity index (χ0v) is 42.7. The van der Waals surface area contributed by atoms with E-state index in [1.165, 1.54) is 19.8 Å². The largest absolute Gasteiger partial charge is 0.508 e. The van der Waals surface area contributed by atoms with Crippen LogP contribution in [0.2, 0.25) is 0 Å². The molecule has 71 heavy (non-hydrogen) atoms. The lowest BCUT2D eigenvalue weighted by Crippen LogP contribution is -2.49. The van der Waals surface area contributed by atoms with Crippen molar-refractivity contribution in [3.63, 3.8) is 0 Å². The summed E-state index contributed by atoms with van der Waals surface area (Å²) in [6.45, 7) is 4.43. The molecule has 2 saturated carbocycles. The van der Waals surface area contributed by atoms with Gasteiger partial charge in [0.05, 0.1) is 19.1 Å². The molecule has 0 amide bonds. The summed E-state index contributed by atoms with van der Waals surface area (Å²) in [4.78, 5) is 17.9. The minimum absolute atomic E-state index is 0.0274. The molecule has 11 rings (SSSR count). The highest BCUT2D eigenvalue weighted by atomic mass is 33.1. The number of esters is 1. The Hall–Kier alpha value is -5.04. The number of aromatic hydroxyl groups is 2. The van der Waals surface area contributed by atoms with Crippen LogP contribution in [0, 0.1) is 23.7 Å². The van der Waals surface area contributed by atoms with Crippen LogP contribution in [0.1, 0.15) is 133 Å². The van der Waals surface area contributed by atoms with E-state index in [1.807, 2.05) is 27.7 Å². The van der Waals surface area contributed by atoms with Gasteiger partial charge in [-0.15, -0.1) is 0 Å². The van der Waals surface area contributed by atoms with Gasteiger partial charge < -0.3 is 50.6 Å². The quantitative estimate of drug-likeness (QED) is 0.0405. The average Bonchev–Trinajstić information content (AvgIpc) is 3.87. The van der Waals surface area contributed by atoms with Crippen LogP contribution in [0.4, 0.5) is 5.82 Å². The molecule has 0 radical (unpaired) electrons. The molecule has 1 spiro atoms. The van der Waals surface area contributed by atoms with Gasteiger partial charge in [0.2, 0.25) is 0 Å². The molecular formula is C57H66N4O8S2. The standard InChI is InChI=1S/C57H66N4O8S2/c1-4-34-22-35-20-32-16-17-57(25-32)26-36-23-38(64)24-47(66-3)49(36)41-13-12-40-44(28-67-31(2)63)53(69-54(40)51(41)57)50-39(10-6-11-45(35)61-56(34)58)43(27-59-18-7-19-62)52(65)55-42(50)14-15-46-48(68-55)30-71-70-29-33-8-5-9-37(21-33)60-46/h12-15,22-24,32-33,37,44,46,48,53,59-60,62,64-65H,4-5,7-10,16-21,25-30H2,1-3H3,(H2,58,61). The van der Waals surface area contributed by atoms with Gasteiger partial charge in [0, 0.05) is 88.9 Å². The summed E-state index contributed by atoms with van der Waals surface area (Å²) in [5.41, 5.74) is 17.1. The number of nitrogens with two attached hydrogens (primary N) is 1. The summed E-state index contributed by atoms with van der Waals surface area (Å²) in [5.74, 6) is 11.5. The van der Waals surface area contributed by atoms with Crippen molar-refractivity contribution in [2.75, 3.05) is 44.1 Å². The molecule has 5 heterocycles. The van der Waals surface area contributed by atoms with Crippen LogP contribution in [-0.4, -0.2) is 82.8 Å². The summed E-state index contributed by atoms with van der Waals surface area (Å²) < 4.78 is 27.1. The predicted molar refractivity (Wildman–Crippen MR) is 280 cm³/mol. The molecule has 6 bridgehead atoms. The lowest BCUT2D eigenvalue weighted by Gasteiger charge is -2.39. The van der Waals surface area contributed by atoms with Crippen molar-refractivity contribution < 1.29 is 39.1 Å². The van der Waals surface area contributed by atoms with E-state index in [4.69, 9.17) is 29.7 Å².